The van der Waals surface area contributed by atoms with Crippen LogP contribution in [0.15, 0.2) is 12.3 Å². The van der Waals surface area contributed by atoms with Crippen molar-refractivity contribution in [3.05, 3.63) is 35.2 Å². The van der Waals surface area contributed by atoms with Gasteiger partial charge in [0.1, 0.15) is 18.1 Å². The van der Waals surface area contributed by atoms with Crippen molar-refractivity contribution in [2.45, 2.75) is 38.2 Å². The topological polar surface area (TPSA) is 84.8 Å². The molecular formula is C14H16F3N5O2. The monoisotopic (exact) mass is 343 g/mol. The van der Waals surface area contributed by atoms with Gasteiger partial charge in [-0.1, -0.05) is 0 Å². The molecule has 2 aromatic heterocycles. The lowest BCUT2D eigenvalue weighted by Gasteiger charge is -2.23. The van der Waals surface area contributed by atoms with Gasteiger partial charge in [0.15, 0.2) is 5.82 Å². The molecule has 2 aromatic rings. The molecule has 0 spiro atoms. The Hall–Kier alpha value is -2.36. The molecule has 0 saturated heterocycles. The Kier molecular flexibility index (Phi) is 4.31. The van der Waals surface area contributed by atoms with Gasteiger partial charge in [0.25, 0.3) is 5.91 Å². The predicted octanol–water partition coefficient (Wildman–Crippen LogP) is 1.52. The number of aryl methyl sites for hydroxylation is 1. The number of nitrogens with one attached hydrogen (secondary N) is 2. The highest BCUT2D eigenvalue weighted by atomic mass is 19.4. The normalized spacial score (nSPS) is 17.6. The number of ether oxygens (including phenoxy) is 1. The third-order valence-corrected chi connectivity index (χ3v) is 3.76. The summed E-state index contributed by atoms with van der Waals surface area (Å²) in [7, 11) is 1.55. The van der Waals surface area contributed by atoms with Gasteiger partial charge in [-0.3, -0.25) is 4.79 Å². The number of aromatic nitrogens is 4. The number of H-pyrrole nitrogens is 1. The van der Waals surface area contributed by atoms with Crippen LogP contribution in [0.3, 0.4) is 0 Å². The highest BCUT2D eigenvalue weighted by Gasteiger charge is 2.33. The number of carbonyl (C=O) groups excluding carboxylic acids is 1. The maximum absolute atomic E-state index is 12.6. The number of aromatic amines is 1. The fourth-order valence-corrected chi connectivity index (χ4v) is 2.63. The van der Waals surface area contributed by atoms with E-state index in [-0.39, 0.29) is 11.6 Å². The summed E-state index contributed by atoms with van der Waals surface area (Å²) in [5, 5.41) is 7.02. The van der Waals surface area contributed by atoms with Gasteiger partial charge in [0.05, 0.1) is 12.1 Å². The van der Waals surface area contributed by atoms with Crippen molar-refractivity contribution in [2.75, 3.05) is 7.11 Å². The first-order valence-corrected chi connectivity index (χ1v) is 7.35. The molecule has 0 bridgehead atoms. The maximum Gasteiger partial charge on any atom is 0.431 e. The summed E-state index contributed by atoms with van der Waals surface area (Å²) < 4.78 is 44.4. The van der Waals surface area contributed by atoms with Crippen molar-refractivity contribution < 1.29 is 22.7 Å². The molecule has 1 atom stereocenters. The molecule has 0 aliphatic carbocycles. The molecular weight excluding hydrogens is 327 g/mol. The zero-order valence-electron chi connectivity index (χ0n) is 12.9. The van der Waals surface area contributed by atoms with Gasteiger partial charge < -0.3 is 15.0 Å². The van der Waals surface area contributed by atoms with Crippen LogP contribution in [0.4, 0.5) is 13.2 Å². The van der Waals surface area contributed by atoms with E-state index in [4.69, 9.17) is 4.74 Å². The van der Waals surface area contributed by atoms with Crippen LogP contribution in [0.25, 0.3) is 0 Å². The van der Waals surface area contributed by atoms with Crippen molar-refractivity contribution in [1.82, 2.24) is 25.1 Å². The first kappa shape index (κ1) is 16.5. The summed E-state index contributed by atoms with van der Waals surface area (Å²) in [6.07, 6.45) is -2.18. The second kappa shape index (κ2) is 6.27. The van der Waals surface area contributed by atoms with Crippen molar-refractivity contribution in [2.24, 2.45) is 0 Å². The van der Waals surface area contributed by atoms with Gasteiger partial charge in [0.2, 0.25) is 0 Å². The SMILES string of the molecule is COCc1nc2n(n1)CC(NC(=O)c1c[nH]c(C(F)(F)F)c1)CC2. The summed E-state index contributed by atoms with van der Waals surface area (Å²) in [6, 6.07) is 0.585. The highest BCUT2D eigenvalue weighted by Crippen LogP contribution is 2.28. The molecule has 3 rings (SSSR count). The van der Waals surface area contributed by atoms with E-state index >= 15 is 0 Å². The van der Waals surface area contributed by atoms with E-state index < -0.39 is 17.8 Å². The summed E-state index contributed by atoms with van der Waals surface area (Å²) >= 11 is 0. The van der Waals surface area contributed by atoms with Crippen LogP contribution in [0.1, 0.15) is 34.1 Å². The molecule has 1 aliphatic rings. The molecule has 24 heavy (non-hydrogen) atoms. The number of nitrogens with zero attached hydrogens (tertiary/aromatic N) is 3. The zero-order chi connectivity index (χ0) is 17.3. The molecule has 1 aliphatic heterocycles. The van der Waals surface area contributed by atoms with E-state index in [1.54, 1.807) is 11.8 Å². The molecule has 7 nitrogen and oxygen atoms in total. The Morgan fingerprint density at radius 3 is 3.00 bits per heavy atom. The number of amides is 1. The Morgan fingerprint density at radius 1 is 1.54 bits per heavy atom. The third kappa shape index (κ3) is 3.42. The lowest BCUT2D eigenvalue weighted by Crippen LogP contribution is -2.41. The number of hydrogen-bond acceptors (Lipinski definition) is 4. The van der Waals surface area contributed by atoms with Gasteiger partial charge in [-0.25, -0.2) is 9.67 Å². The van der Waals surface area contributed by atoms with Gasteiger partial charge in [0, 0.05) is 25.8 Å². The lowest BCUT2D eigenvalue weighted by atomic mass is 10.1. The smallest absolute Gasteiger partial charge is 0.377 e. The summed E-state index contributed by atoms with van der Waals surface area (Å²) in [5.41, 5.74) is -0.995. The van der Waals surface area contributed by atoms with E-state index in [0.717, 1.165) is 18.1 Å². The largest absolute Gasteiger partial charge is 0.431 e. The molecule has 2 N–H and O–H groups in total. The van der Waals surface area contributed by atoms with Crippen LogP contribution in [-0.4, -0.2) is 38.8 Å². The van der Waals surface area contributed by atoms with E-state index in [1.807, 2.05) is 0 Å². The average molecular weight is 343 g/mol. The number of carbonyl (C=O) groups is 1. The second-order valence-corrected chi connectivity index (χ2v) is 5.57. The molecule has 0 aromatic carbocycles. The van der Waals surface area contributed by atoms with Crippen molar-refractivity contribution in [1.29, 1.82) is 0 Å². The Balaban J connectivity index is 1.64. The number of hydrogen-bond donors (Lipinski definition) is 2. The second-order valence-electron chi connectivity index (χ2n) is 5.57. The van der Waals surface area contributed by atoms with Crippen LogP contribution in [-0.2, 0) is 30.5 Å². The first-order valence-electron chi connectivity index (χ1n) is 7.35. The van der Waals surface area contributed by atoms with E-state index in [2.05, 4.69) is 20.4 Å². The standard InChI is InChI=1S/C14H16F3N5O2/c1-24-7-11-20-12-3-2-9(6-22(12)21-11)19-13(23)8-4-10(18-5-8)14(15,16)17/h4-5,9,18H,2-3,6-7H2,1H3,(H,19,23). The summed E-state index contributed by atoms with van der Waals surface area (Å²) in [6.45, 7) is 0.731. The number of halogens is 3. The predicted molar refractivity (Wildman–Crippen MR) is 76.1 cm³/mol. The average Bonchev–Trinajstić information content (AvgIpc) is 3.12. The molecule has 0 saturated carbocycles. The maximum atomic E-state index is 12.6. The van der Waals surface area contributed by atoms with Crippen LogP contribution < -0.4 is 5.32 Å². The van der Waals surface area contributed by atoms with Crippen LogP contribution in [0.2, 0.25) is 0 Å². The molecule has 0 radical (unpaired) electrons. The van der Waals surface area contributed by atoms with Gasteiger partial charge in [-0.2, -0.15) is 18.3 Å². The van der Waals surface area contributed by atoms with E-state index in [0.29, 0.717) is 31.8 Å². The Morgan fingerprint density at radius 2 is 2.33 bits per heavy atom. The quantitative estimate of drug-likeness (QED) is 0.881. The minimum absolute atomic E-state index is 0.0493. The van der Waals surface area contributed by atoms with Gasteiger partial charge >= 0.3 is 6.18 Å². The molecule has 10 heteroatoms. The van der Waals surface area contributed by atoms with Gasteiger partial charge in [-0.15, -0.1) is 0 Å². The molecule has 3 heterocycles. The van der Waals surface area contributed by atoms with Crippen molar-refractivity contribution in [3.63, 3.8) is 0 Å². The van der Waals surface area contributed by atoms with E-state index in [1.165, 1.54) is 0 Å². The van der Waals surface area contributed by atoms with Crippen LogP contribution >= 0.6 is 0 Å². The number of rotatable bonds is 4. The Labute approximate surface area is 135 Å². The minimum Gasteiger partial charge on any atom is -0.377 e. The van der Waals surface area contributed by atoms with Crippen molar-refractivity contribution >= 4 is 5.91 Å². The zero-order valence-corrected chi connectivity index (χ0v) is 12.9. The molecule has 1 amide bonds. The molecule has 1 unspecified atom stereocenters. The number of fused-ring (bicyclic) bond motifs is 1. The fraction of sp³-hybridized carbons (Fsp3) is 0.500. The number of methoxy groups -OCH3 is 1. The van der Waals surface area contributed by atoms with Crippen molar-refractivity contribution in [3.8, 4) is 0 Å². The highest BCUT2D eigenvalue weighted by molar-refractivity contribution is 5.94. The van der Waals surface area contributed by atoms with Crippen LogP contribution in [0.5, 0.6) is 0 Å². The first-order chi connectivity index (χ1) is 11.4. The third-order valence-electron chi connectivity index (χ3n) is 3.76. The molecule has 0 fully saturated rings. The van der Waals surface area contributed by atoms with Gasteiger partial charge in [-0.05, 0) is 12.5 Å². The summed E-state index contributed by atoms with van der Waals surface area (Å²) in [4.78, 5) is 18.5. The fourth-order valence-electron chi connectivity index (χ4n) is 2.63. The van der Waals surface area contributed by atoms with Crippen LogP contribution in [0, 0.1) is 0 Å². The Bertz CT molecular complexity index is 737. The lowest BCUT2D eigenvalue weighted by molar-refractivity contribution is -0.140. The summed E-state index contributed by atoms with van der Waals surface area (Å²) in [5.74, 6) is 0.834. The van der Waals surface area contributed by atoms with E-state index in [9.17, 15) is 18.0 Å². The molecule has 130 valence electrons. The minimum atomic E-state index is -4.50. The number of alkyl halides is 3.